The molecule has 1 aromatic heterocycles. The highest BCUT2D eigenvalue weighted by atomic mass is 16.6. The number of nitrogens with zero attached hydrogens (tertiary/aromatic N) is 2. The van der Waals surface area contributed by atoms with E-state index in [0.29, 0.717) is 67.2 Å². The van der Waals surface area contributed by atoms with Crippen molar-refractivity contribution in [3.8, 4) is 28.7 Å². The topological polar surface area (TPSA) is 93.1 Å². The van der Waals surface area contributed by atoms with Crippen molar-refractivity contribution >= 4 is 11.6 Å². The number of rotatable bonds is 10. The summed E-state index contributed by atoms with van der Waals surface area (Å²) in [7, 11) is 0. The summed E-state index contributed by atoms with van der Waals surface area (Å²) in [5.41, 5.74) is 0.954. The first kappa shape index (κ1) is 23.3. The Morgan fingerprint density at radius 2 is 1.74 bits per heavy atom. The molecule has 2 aromatic carbocycles. The van der Waals surface area contributed by atoms with Gasteiger partial charge in [0.2, 0.25) is 5.75 Å². The number of carbonyl (C=O) groups is 1. The van der Waals surface area contributed by atoms with Gasteiger partial charge in [0.05, 0.1) is 38.2 Å². The summed E-state index contributed by atoms with van der Waals surface area (Å²) >= 11 is 0. The molecule has 4 rings (SSSR count). The van der Waals surface area contributed by atoms with E-state index in [2.05, 4.69) is 10.4 Å². The number of carbonyl (C=O) groups excluding carboxylic acids is 1. The van der Waals surface area contributed by atoms with Crippen LogP contribution in [0.15, 0.2) is 48.8 Å². The number of aromatic nitrogens is 2. The van der Waals surface area contributed by atoms with Gasteiger partial charge in [0.15, 0.2) is 29.1 Å². The van der Waals surface area contributed by atoms with E-state index in [4.69, 9.17) is 23.7 Å². The largest absolute Gasteiger partial charge is 0.490 e. The average Bonchev–Trinajstić information content (AvgIpc) is 3.27. The molecule has 3 aromatic rings. The van der Waals surface area contributed by atoms with Crippen molar-refractivity contribution in [3.05, 3.63) is 54.4 Å². The van der Waals surface area contributed by atoms with E-state index in [9.17, 15) is 4.79 Å². The molecular formula is C25H29N3O6. The molecule has 0 spiro atoms. The van der Waals surface area contributed by atoms with Gasteiger partial charge >= 0.3 is 0 Å². The van der Waals surface area contributed by atoms with Crippen LogP contribution in [0.2, 0.25) is 0 Å². The molecule has 2 heterocycles. The number of nitrogens with one attached hydrogen (secondary N) is 1. The van der Waals surface area contributed by atoms with Gasteiger partial charge in [-0.1, -0.05) is 12.1 Å². The smallest absolute Gasteiger partial charge is 0.256 e. The summed E-state index contributed by atoms with van der Waals surface area (Å²) in [4.78, 5) is 13.0. The molecule has 180 valence electrons. The van der Waals surface area contributed by atoms with E-state index >= 15 is 0 Å². The fourth-order valence-corrected chi connectivity index (χ4v) is 3.61. The molecule has 1 aliphatic heterocycles. The van der Waals surface area contributed by atoms with Gasteiger partial charge in [-0.3, -0.25) is 9.48 Å². The lowest BCUT2D eigenvalue weighted by molar-refractivity contribution is 0.0759. The van der Waals surface area contributed by atoms with Crippen molar-refractivity contribution in [2.24, 2.45) is 0 Å². The Morgan fingerprint density at radius 1 is 1.06 bits per heavy atom. The Balaban J connectivity index is 1.45. The fourth-order valence-electron chi connectivity index (χ4n) is 3.61. The van der Waals surface area contributed by atoms with Crippen molar-refractivity contribution < 1.29 is 28.5 Å². The summed E-state index contributed by atoms with van der Waals surface area (Å²) in [5.74, 6) is 2.56. The second-order valence-electron chi connectivity index (χ2n) is 7.50. The van der Waals surface area contributed by atoms with Crippen LogP contribution in [0.3, 0.4) is 0 Å². The van der Waals surface area contributed by atoms with E-state index in [1.165, 1.54) is 0 Å². The van der Waals surface area contributed by atoms with Crippen LogP contribution in [0.25, 0.3) is 0 Å². The molecule has 1 N–H and O–H groups in total. The monoisotopic (exact) mass is 467 g/mol. The molecule has 1 amide bonds. The molecule has 1 atom stereocenters. The Labute approximate surface area is 198 Å². The van der Waals surface area contributed by atoms with Gasteiger partial charge < -0.3 is 29.0 Å². The van der Waals surface area contributed by atoms with E-state index < -0.39 is 0 Å². The molecule has 0 fully saturated rings. The van der Waals surface area contributed by atoms with Gasteiger partial charge in [-0.05, 0) is 45.0 Å². The normalized spacial score (nSPS) is 14.4. The lowest BCUT2D eigenvalue weighted by Crippen LogP contribution is -2.33. The quantitative estimate of drug-likeness (QED) is 0.478. The van der Waals surface area contributed by atoms with Crippen LogP contribution >= 0.6 is 0 Å². The molecule has 34 heavy (non-hydrogen) atoms. The Hall–Kier alpha value is -3.88. The van der Waals surface area contributed by atoms with Crippen molar-refractivity contribution in [1.82, 2.24) is 9.78 Å². The van der Waals surface area contributed by atoms with Crippen LogP contribution in [0.5, 0.6) is 28.7 Å². The molecule has 0 bridgehead atoms. The van der Waals surface area contributed by atoms with Gasteiger partial charge in [0.25, 0.3) is 5.91 Å². The van der Waals surface area contributed by atoms with Gasteiger partial charge in [0, 0.05) is 11.8 Å². The minimum Gasteiger partial charge on any atom is -0.490 e. The highest BCUT2D eigenvalue weighted by Crippen LogP contribution is 2.39. The van der Waals surface area contributed by atoms with Gasteiger partial charge in [-0.2, -0.15) is 5.10 Å². The maximum absolute atomic E-state index is 13.0. The molecular weight excluding hydrogens is 438 g/mol. The lowest BCUT2D eigenvalue weighted by atomic mass is 10.1. The zero-order valence-electron chi connectivity index (χ0n) is 19.6. The third-order valence-corrected chi connectivity index (χ3v) is 5.02. The van der Waals surface area contributed by atoms with Crippen LogP contribution in [0, 0.1) is 0 Å². The first-order valence-electron chi connectivity index (χ1n) is 11.4. The van der Waals surface area contributed by atoms with Crippen molar-refractivity contribution in [1.29, 1.82) is 0 Å². The van der Waals surface area contributed by atoms with Crippen molar-refractivity contribution in [3.63, 3.8) is 0 Å². The summed E-state index contributed by atoms with van der Waals surface area (Å²) in [6, 6.07) is 10.9. The molecule has 0 aliphatic carbocycles. The molecule has 9 heteroatoms. The van der Waals surface area contributed by atoms with E-state index in [-0.39, 0.29) is 12.0 Å². The maximum atomic E-state index is 13.0. The minimum atomic E-state index is -0.310. The number of anilines is 1. The summed E-state index contributed by atoms with van der Waals surface area (Å²) in [5, 5.41) is 7.22. The first-order chi connectivity index (χ1) is 16.6. The number of para-hydroxylation sites is 2. The molecule has 1 unspecified atom stereocenters. The van der Waals surface area contributed by atoms with Crippen molar-refractivity contribution in [2.75, 3.05) is 31.7 Å². The number of amides is 1. The summed E-state index contributed by atoms with van der Waals surface area (Å²) in [6.45, 7) is 7.84. The third kappa shape index (κ3) is 5.36. The van der Waals surface area contributed by atoms with E-state index in [1.54, 1.807) is 29.2 Å². The fraction of sp³-hybridized carbons (Fsp3) is 0.360. The molecule has 1 aliphatic rings. The lowest BCUT2D eigenvalue weighted by Gasteiger charge is -2.26. The van der Waals surface area contributed by atoms with E-state index in [0.717, 1.165) is 5.75 Å². The second-order valence-corrected chi connectivity index (χ2v) is 7.50. The predicted molar refractivity (Wildman–Crippen MR) is 126 cm³/mol. The second kappa shape index (κ2) is 10.8. The minimum absolute atomic E-state index is 0.188. The number of hydrogen-bond acceptors (Lipinski definition) is 7. The summed E-state index contributed by atoms with van der Waals surface area (Å²) < 4.78 is 30.6. The molecule has 9 nitrogen and oxygen atoms in total. The van der Waals surface area contributed by atoms with Gasteiger partial charge in [-0.25, -0.2) is 0 Å². The Kier molecular flexibility index (Phi) is 7.41. The summed E-state index contributed by atoms with van der Waals surface area (Å²) in [6.07, 6.45) is 3.16. The first-order valence-corrected chi connectivity index (χ1v) is 11.4. The number of fused-ring (bicyclic) bond motifs is 1. The zero-order valence-corrected chi connectivity index (χ0v) is 19.6. The van der Waals surface area contributed by atoms with Gasteiger partial charge in [-0.15, -0.1) is 0 Å². The highest BCUT2D eigenvalue weighted by molar-refractivity contribution is 6.05. The zero-order chi connectivity index (χ0) is 23.9. The third-order valence-electron chi connectivity index (χ3n) is 5.02. The van der Waals surface area contributed by atoms with Crippen LogP contribution in [0.4, 0.5) is 5.69 Å². The Bertz CT molecular complexity index is 1100. The van der Waals surface area contributed by atoms with E-state index in [1.807, 2.05) is 45.0 Å². The van der Waals surface area contributed by atoms with Gasteiger partial charge in [0.1, 0.15) is 6.61 Å². The number of benzene rings is 2. The maximum Gasteiger partial charge on any atom is 0.256 e. The SMILES string of the molecule is CCOc1cc(C(=O)Nc2cnn(CC3COc4ccccc4O3)c2)cc(OCC)c1OCC. The Morgan fingerprint density at radius 3 is 2.41 bits per heavy atom. The molecule has 0 saturated carbocycles. The van der Waals surface area contributed by atoms with Crippen LogP contribution in [0.1, 0.15) is 31.1 Å². The highest BCUT2D eigenvalue weighted by Gasteiger charge is 2.22. The predicted octanol–water partition coefficient (Wildman–Crippen LogP) is 4.17. The number of ether oxygens (including phenoxy) is 5. The molecule has 0 saturated heterocycles. The number of hydrogen-bond donors (Lipinski definition) is 1. The average molecular weight is 468 g/mol. The van der Waals surface area contributed by atoms with Crippen LogP contribution < -0.4 is 29.0 Å². The standard InChI is InChI=1S/C25H29N3O6/c1-4-30-22-11-17(12-23(31-5-2)24(22)32-6-3)25(29)27-18-13-26-28(14-18)15-19-16-33-20-9-7-8-10-21(20)34-19/h7-14,19H,4-6,15-16H2,1-3H3,(H,27,29). The van der Waals surface area contributed by atoms with Crippen LogP contribution in [-0.4, -0.2) is 48.2 Å². The van der Waals surface area contributed by atoms with Crippen molar-refractivity contribution in [2.45, 2.75) is 33.4 Å². The van der Waals surface area contributed by atoms with Crippen LogP contribution in [-0.2, 0) is 6.54 Å². The molecule has 0 radical (unpaired) electrons.